The number of benzene rings is 1. The Morgan fingerprint density at radius 1 is 1.04 bits per heavy atom. The van der Waals surface area contributed by atoms with Gasteiger partial charge in [0.25, 0.3) is 0 Å². The SMILES string of the molecule is c1ccc(COc2ccccc2CCCN2CCOCC2)nc1. The molecule has 3 rings (SSSR count). The normalized spacial score (nSPS) is 15.5. The second-order valence-corrected chi connectivity index (χ2v) is 5.78. The predicted octanol–water partition coefficient (Wildman–Crippen LogP) is 2.93. The second kappa shape index (κ2) is 8.65. The quantitative estimate of drug-likeness (QED) is 0.787. The average Bonchev–Trinajstić information content (AvgIpc) is 2.63. The molecule has 1 aromatic carbocycles. The summed E-state index contributed by atoms with van der Waals surface area (Å²) in [5, 5.41) is 0. The standard InChI is InChI=1S/C19H24N2O2/c1-2-9-19(23-16-18-8-3-4-10-20-18)17(6-1)7-5-11-21-12-14-22-15-13-21/h1-4,6,8-10H,5,7,11-16H2. The van der Waals surface area contributed by atoms with Gasteiger partial charge in [0.1, 0.15) is 12.4 Å². The molecule has 1 fully saturated rings. The summed E-state index contributed by atoms with van der Waals surface area (Å²) in [6.45, 7) is 5.47. The molecule has 0 unspecified atom stereocenters. The van der Waals surface area contributed by atoms with Crippen LogP contribution in [0.15, 0.2) is 48.7 Å². The molecule has 1 aliphatic heterocycles. The Bertz CT molecular complexity index is 583. The van der Waals surface area contributed by atoms with Crippen molar-refractivity contribution in [1.82, 2.24) is 9.88 Å². The van der Waals surface area contributed by atoms with Crippen LogP contribution in [0.1, 0.15) is 17.7 Å². The molecule has 0 amide bonds. The molecule has 4 heteroatoms. The average molecular weight is 312 g/mol. The van der Waals surface area contributed by atoms with Gasteiger partial charge in [-0.05, 0) is 43.1 Å². The number of morpholine rings is 1. The molecule has 0 bridgehead atoms. The van der Waals surface area contributed by atoms with Crippen LogP contribution in [0.2, 0.25) is 0 Å². The maximum absolute atomic E-state index is 5.97. The largest absolute Gasteiger partial charge is 0.487 e. The number of para-hydroxylation sites is 1. The highest BCUT2D eigenvalue weighted by Crippen LogP contribution is 2.20. The minimum Gasteiger partial charge on any atom is -0.487 e. The van der Waals surface area contributed by atoms with Crippen LogP contribution in [-0.4, -0.2) is 42.7 Å². The summed E-state index contributed by atoms with van der Waals surface area (Å²) in [4.78, 5) is 6.78. The van der Waals surface area contributed by atoms with E-state index in [4.69, 9.17) is 9.47 Å². The summed E-state index contributed by atoms with van der Waals surface area (Å²) in [6.07, 6.45) is 3.98. The van der Waals surface area contributed by atoms with Crippen molar-refractivity contribution in [1.29, 1.82) is 0 Å². The van der Waals surface area contributed by atoms with Gasteiger partial charge in [0, 0.05) is 19.3 Å². The van der Waals surface area contributed by atoms with E-state index in [-0.39, 0.29) is 0 Å². The van der Waals surface area contributed by atoms with E-state index in [1.807, 2.05) is 30.3 Å². The Kier molecular flexibility index (Phi) is 6.01. The molecule has 0 aliphatic carbocycles. The van der Waals surface area contributed by atoms with Crippen molar-refractivity contribution in [2.75, 3.05) is 32.8 Å². The van der Waals surface area contributed by atoms with Crippen molar-refractivity contribution in [3.8, 4) is 5.75 Å². The molecule has 1 saturated heterocycles. The summed E-state index contributed by atoms with van der Waals surface area (Å²) in [6, 6.07) is 14.2. The van der Waals surface area contributed by atoms with Crippen LogP contribution in [0.3, 0.4) is 0 Å². The van der Waals surface area contributed by atoms with Crippen molar-refractivity contribution in [3.63, 3.8) is 0 Å². The lowest BCUT2D eigenvalue weighted by molar-refractivity contribution is 0.0374. The summed E-state index contributed by atoms with van der Waals surface area (Å²) < 4.78 is 11.4. The van der Waals surface area contributed by atoms with Crippen molar-refractivity contribution in [3.05, 3.63) is 59.9 Å². The molecule has 0 N–H and O–H groups in total. The third-order valence-electron chi connectivity index (χ3n) is 4.10. The van der Waals surface area contributed by atoms with Crippen LogP contribution < -0.4 is 4.74 Å². The maximum atomic E-state index is 5.97. The number of ether oxygens (including phenoxy) is 2. The van der Waals surface area contributed by atoms with Crippen LogP contribution in [0, 0.1) is 0 Å². The first-order valence-corrected chi connectivity index (χ1v) is 8.32. The number of hydrogen-bond donors (Lipinski definition) is 0. The molecular formula is C19H24N2O2. The molecule has 0 radical (unpaired) electrons. The summed E-state index contributed by atoms with van der Waals surface area (Å²) >= 11 is 0. The number of aryl methyl sites for hydroxylation is 1. The fourth-order valence-electron chi connectivity index (χ4n) is 2.80. The first kappa shape index (κ1) is 16.0. The van der Waals surface area contributed by atoms with Gasteiger partial charge >= 0.3 is 0 Å². The molecule has 0 spiro atoms. The monoisotopic (exact) mass is 312 g/mol. The Hall–Kier alpha value is -1.91. The van der Waals surface area contributed by atoms with Gasteiger partial charge in [0.2, 0.25) is 0 Å². The lowest BCUT2D eigenvalue weighted by Gasteiger charge is -2.26. The van der Waals surface area contributed by atoms with Gasteiger partial charge in [-0.1, -0.05) is 24.3 Å². The van der Waals surface area contributed by atoms with E-state index < -0.39 is 0 Å². The molecule has 4 nitrogen and oxygen atoms in total. The summed E-state index contributed by atoms with van der Waals surface area (Å²) in [5.74, 6) is 0.972. The van der Waals surface area contributed by atoms with E-state index in [0.29, 0.717) is 6.61 Å². The van der Waals surface area contributed by atoms with E-state index in [1.165, 1.54) is 5.56 Å². The Balaban J connectivity index is 1.50. The van der Waals surface area contributed by atoms with Crippen LogP contribution in [0.5, 0.6) is 5.75 Å². The molecule has 0 saturated carbocycles. The topological polar surface area (TPSA) is 34.6 Å². The number of nitrogens with zero attached hydrogens (tertiary/aromatic N) is 2. The molecule has 122 valence electrons. The number of rotatable bonds is 7. The number of hydrogen-bond acceptors (Lipinski definition) is 4. The van der Waals surface area contributed by atoms with Crippen LogP contribution in [0.4, 0.5) is 0 Å². The summed E-state index contributed by atoms with van der Waals surface area (Å²) in [7, 11) is 0. The number of aromatic nitrogens is 1. The highest BCUT2D eigenvalue weighted by atomic mass is 16.5. The zero-order valence-corrected chi connectivity index (χ0v) is 13.5. The third kappa shape index (κ3) is 5.05. The Labute approximate surface area is 138 Å². The van der Waals surface area contributed by atoms with Gasteiger partial charge in [-0.2, -0.15) is 0 Å². The lowest BCUT2D eigenvalue weighted by atomic mass is 10.1. The van der Waals surface area contributed by atoms with Crippen LogP contribution >= 0.6 is 0 Å². The predicted molar refractivity (Wildman–Crippen MR) is 90.6 cm³/mol. The highest BCUT2D eigenvalue weighted by molar-refractivity contribution is 5.33. The Morgan fingerprint density at radius 2 is 1.87 bits per heavy atom. The molecule has 2 heterocycles. The second-order valence-electron chi connectivity index (χ2n) is 5.78. The van der Waals surface area contributed by atoms with E-state index in [1.54, 1.807) is 6.20 Å². The first-order chi connectivity index (χ1) is 11.4. The van der Waals surface area contributed by atoms with E-state index in [2.05, 4.69) is 22.0 Å². The number of pyridine rings is 1. The van der Waals surface area contributed by atoms with Gasteiger partial charge in [0.05, 0.1) is 18.9 Å². The van der Waals surface area contributed by atoms with Gasteiger partial charge in [-0.3, -0.25) is 9.88 Å². The molecule has 23 heavy (non-hydrogen) atoms. The third-order valence-corrected chi connectivity index (χ3v) is 4.10. The van der Waals surface area contributed by atoms with Crippen molar-refractivity contribution >= 4 is 0 Å². The fraction of sp³-hybridized carbons (Fsp3) is 0.421. The Morgan fingerprint density at radius 3 is 2.70 bits per heavy atom. The van der Waals surface area contributed by atoms with E-state index in [9.17, 15) is 0 Å². The van der Waals surface area contributed by atoms with Gasteiger partial charge < -0.3 is 9.47 Å². The van der Waals surface area contributed by atoms with Crippen molar-refractivity contribution in [2.45, 2.75) is 19.4 Å². The lowest BCUT2D eigenvalue weighted by Crippen LogP contribution is -2.36. The minimum atomic E-state index is 0.515. The minimum absolute atomic E-state index is 0.515. The zero-order valence-electron chi connectivity index (χ0n) is 13.5. The first-order valence-electron chi connectivity index (χ1n) is 8.32. The molecular weight excluding hydrogens is 288 g/mol. The molecule has 1 aliphatic rings. The van der Waals surface area contributed by atoms with Crippen LogP contribution in [-0.2, 0) is 17.8 Å². The fourth-order valence-corrected chi connectivity index (χ4v) is 2.80. The molecule has 0 atom stereocenters. The highest BCUT2D eigenvalue weighted by Gasteiger charge is 2.10. The van der Waals surface area contributed by atoms with Crippen molar-refractivity contribution in [2.24, 2.45) is 0 Å². The van der Waals surface area contributed by atoms with Crippen molar-refractivity contribution < 1.29 is 9.47 Å². The summed E-state index contributed by atoms with van der Waals surface area (Å²) in [5.41, 5.74) is 2.23. The van der Waals surface area contributed by atoms with Crippen LogP contribution in [0.25, 0.3) is 0 Å². The van der Waals surface area contributed by atoms with E-state index >= 15 is 0 Å². The molecule has 2 aromatic rings. The zero-order chi connectivity index (χ0) is 15.7. The van der Waals surface area contributed by atoms with E-state index in [0.717, 1.165) is 57.1 Å². The van der Waals surface area contributed by atoms with Gasteiger partial charge in [-0.25, -0.2) is 0 Å². The smallest absolute Gasteiger partial charge is 0.130 e. The van der Waals surface area contributed by atoms with Gasteiger partial charge in [-0.15, -0.1) is 0 Å². The maximum Gasteiger partial charge on any atom is 0.130 e. The van der Waals surface area contributed by atoms with Gasteiger partial charge in [0.15, 0.2) is 0 Å². The molecule has 1 aromatic heterocycles.